The number of carbonyl (C=O) groups excluding carboxylic acids is 1. The molecule has 0 saturated carbocycles. The topological polar surface area (TPSA) is 108 Å². The van der Waals surface area contributed by atoms with Crippen molar-refractivity contribution in [3.05, 3.63) is 59.4 Å². The lowest BCUT2D eigenvalue weighted by Crippen LogP contribution is -2.31. The Labute approximate surface area is 163 Å². The molecule has 7 nitrogen and oxygen atoms in total. The lowest BCUT2D eigenvalue weighted by molar-refractivity contribution is 0.0944. The van der Waals surface area contributed by atoms with Crippen molar-refractivity contribution in [3.8, 4) is 11.8 Å². The molecule has 0 aromatic heterocycles. The maximum Gasteiger partial charge on any atom is 0.252 e. The molecule has 0 heterocycles. The number of ether oxygens (including phenoxy) is 1. The van der Waals surface area contributed by atoms with Gasteiger partial charge in [-0.1, -0.05) is 18.2 Å². The smallest absolute Gasteiger partial charge is 0.252 e. The van der Waals surface area contributed by atoms with Crippen molar-refractivity contribution in [2.75, 3.05) is 7.11 Å². The van der Waals surface area contributed by atoms with Crippen LogP contribution in [0, 0.1) is 17.1 Å². The first-order chi connectivity index (χ1) is 13.2. The summed E-state index contributed by atoms with van der Waals surface area (Å²) in [4.78, 5) is 12.3. The Hall–Kier alpha value is -2.96. The number of amides is 1. The van der Waals surface area contributed by atoms with Crippen LogP contribution in [0.3, 0.4) is 0 Å². The second-order valence-electron chi connectivity index (χ2n) is 6.20. The summed E-state index contributed by atoms with van der Waals surface area (Å²) in [7, 11) is -2.62. The molecule has 2 aromatic carbocycles. The largest absolute Gasteiger partial charge is 0.495 e. The molecule has 2 aromatic rings. The van der Waals surface area contributed by atoms with E-state index >= 15 is 0 Å². The van der Waals surface area contributed by atoms with Crippen LogP contribution in [-0.2, 0) is 10.0 Å². The molecule has 2 N–H and O–H groups in total. The van der Waals surface area contributed by atoms with Gasteiger partial charge in [-0.3, -0.25) is 4.79 Å². The lowest BCUT2D eigenvalue weighted by Gasteiger charge is -2.15. The molecule has 0 saturated heterocycles. The predicted octanol–water partition coefficient (Wildman–Crippen LogP) is 2.52. The number of hydrogen-bond acceptors (Lipinski definition) is 5. The predicted molar refractivity (Wildman–Crippen MR) is 101 cm³/mol. The summed E-state index contributed by atoms with van der Waals surface area (Å²) >= 11 is 0. The normalized spacial score (nSPS) is 12.3. The van der Waals surface area contributed by atoms with Crippen molar-refractivity contribution < 1.29 is 22.3 Å². The third-order valence-electron chi connectivity index (χ3n) is 3.73. The highest BCUT2D eigenvalue weighted by Gasteiger charge is 2.24. The van der Waals surface area contributed by atoms with Crippen LogP contribution in [0.25, 0.3) is 0 Å². The minimum absolute atomic E-state index is 0.0125. The van der Waals surface area contributed by atoms with Crippen molar-refractivity contribution in [3.63, 3.8) is 0 Å². The number of hydrogen-bond donors (Lipinski definition) is 2. The highest BCUT2D eigenvalue weighted by atomic mass is 32.2. The Balaban J connectivity index is 2.37. The minimum Gasteiger partial charge on any atom is -0.495 e. The number of halogens is 1. The Morgan fingerprint density at radius 3 is 2.46 bits per heavy atom. The molecule has 9 heteroatoms. The number of carbonyl (C=O) groups is 1. The third-order valence-corrected chi connectivity index (χ3v) is 5.41. The standard InChI is InChI=1S/C19H20FN3O4S/c1-12(2)23-28(25,26)18-10-13(8-9-17(18)27-3)19(24)22-16(11-21)14-6-4-5-7-15(14)20/h4-10,12,16,23H,1-3H3,(H,22,24). The summed E-state index contributed by atoms with van der Waals surface area (Å²) in [5.41, 5.74) is 0.00250. The van der Waals surface area contributed by atoms with Crippen LogP contribution in [0.5, 0.6) is 5.75 Å². The first-order valence-corrected chi connectivity index (χ1v) is 9.83. The van der Waals surface area contributed by atoms with Gasteiger partial charge in [0.1, 0.15) is 22.5 Å². The average molecular weight is 405 g/mol. The summed E-state index contributed by atoms with van der Waals surface area (Å²) in [5.74, 6) is -1.29. The molecule has 0 aliphatic carbocycles. The summed E-state index contributed by atoms with van der Waals surface area (Å²) in [6.45, 7) is 3.32. The van der Waals surface area contributed by atoms with Gasteiger partial charge in [-0.15, -0.1) is 0 Å². The van der Waals surface area contributed by atoms with E-state index in [0.717, 1.165) is 6.07 Å². The fourth-order valence-electron chi connectivity index (χ4n) is 2.50. The van der Waals surface area contributed by atoms with Gasteiger partial charge in [0, 0.05) is 17.2 Å². The Bertz CT molecular complexity index is 1020. The maximum atomic E-state index is 13.9. The molecule has 0 radical (unpaired) electrons. The first kappa shape index (κ1) is 21.3. The van der Waals surface area contributed by atoms with E-state index in [1.165, 1.54) is 37.4 Å². The van der Waals surface area contributed by atoms with E-state index in [2.05, 4.69) is 10.0 Å². The quantitative estimate of drug-likeness (QED) is 0.736. The van der Waals surface area contributed by atoms with Gasteiger partial charge in [0.25, 0.3) is 5.91 Å². The Kier molecular flexibility index (Phi) is 6.72. The van der Waals surface area contributed by atoms with E-state index in [-0.39, 0.29) is 27.8 Å². The van der Waals surface area contributed by atoms with E-state index in [1.807, 2.05) is 6.07 Å². The van der Waals surface area contributed by atoms with Crippen LogP contribution < -0.4 is 14.8 Å². The second-order valence-corrected chi connectivity index (χ2v) is 7.88. The zero-order chi connectivity index (χ0) is 20.9. The molecule has 0 fully saturated rings. The summed E-state index contributed by atoms with van der Waals surface area (Å²) < 4.78 is 46.4. The number of nitrogens with zero attached hydrogens (tertiary/aromatic N) is 1. The number of sulfonamides is 1. The highest BCUT2D eigenvalue weighted by molar-refractivity contribution is 7.89. The van der Waals surface area contributed by atoms with E-state index in [1.54, 1.807) is 19.9 Å². The van der Waals surface area contributed by atoms with Crippen LogP contribution in [-0.4, -0.2) is 27.5 Å². The van der Waals surface area contributed by atoms with Gasteiger partial charge in [-0.2, -0.15) is 5.26 Å². The van der Waals surface area contributed by atoms with Crippen molar-refractivity contribution in [1.82, 2.24) is 10.0 Å². The summed E-state index contributed by atoms with van der Waals surface area (Å²) in [5, 5.41) is 11.7. The van der Waals surface area contributed by atoms with Gasteiger partial charge < -0.3 is 10.1 Å². The van der Waals surface area contributed by atoms with E-state index in [4.69, 9.17) is 4.74 Å². The Morgan fingerprint density at radius 1 is 1.21 bits per heavy atom. The van der Waals surface area contributed by atoms with E-state index < -0.39 is 27.8 Å². The second kappa shape index (κ2) is 8.82. The Morgan fingerprint density at radius 2 is 1.89 bits per heavy atom. The van der Waals surface area contributed by atoms with Crippen molar-refractivity contribution in [2.45, 2.75) is 30.8 Å². The fourth-order valence-corrected chi connectivity index (χ4v) is 3.95. The molecule has 148 valence electrons. The number of benzene rings is 2. The molecule has 28 heavy (non-hydrogen) atoms. The summed E-state index contributed by atoms with van der Waals surface area (Å²) in [6, 6.07) is 9.66. The molecule has 1 amide bonds. The molecule has 0 bridgehead atoms. The zero-order valence-corrected chi connectivity index (χ0v) is 16.4. The van der Waals surface area contributed by atoms with Crippen LogP contribution in [0.15, 0.2) is 47.4 Å². The van der Waals surface area contributed by atoms with Gasteiger partial charge in [0.15, 0.2) is 0 Å². The molecule has 0 aliphatic heterocycles. The number of methoxy groups -OCH3 is 1. The number of rotatable bonds is 7. The molecular formula is C19H20FN3O4S. The molecule has 0 spiro atoms. The van der Waals surface area contributed by atoms with Gasteiger partial charge in [0.2, 0.25) is 10.0 Å². The SMILES string of the molecule is COc1ccc(C(=O)NC(C#N)c2ccccc2F)cc1S(=O)(=O)NC(C)C. The van der Waals surface area contributed by atoms with Gasteiger partial charge in [0.05, 0.1) is 13.2 Å². The van der Waals surface area contributed by atoms with Crippen LogP contribution >= 0.6 is 0 Å². The number of nitrogens with one attached hydrogen (secondary N) is 2. The van der Waals surface area contributed by atoms with Crippen LogP contribution in [0.2, 0.25) is 0 Å². The lowest BCUT2D eigenvalue weighted by atomic mass is 10.1. The molecule has 1 atom stereocenters. The molecule has 0 aliphatic rings. The zero-order valence-electron chi connectivity index (χ0n) is 15.6. The fraction of sp³-hybridized carbons (Fsp3) is 0.263. The third kappa shape index (κ3) is 4.85. The van der Waals surface area contributed by atoms with Crippen LogP contribution in [0.4, 0.5) is 4.39 Å². The monoisotopic (exact) mass is 405 g/mol. The van der Waals surface area contributed by atoms with E-state index in [9.17, 15) is 22.9 Å². The maximum absolute atomic E-state index is 13.9. The highest BCUT2D eigenvalue weighted by Crippen LogP contribution is 2.25. The summed E-state index contributed by atoms with van der Waals surface area (Å²) in [6.07, 6.45) is 0. The van der Waals surface area contributed by atoms with Gasteiger partial charge >= 0.3 is 0 Å². The average Bonchev–Trinajstić information content (AvgIpc) is 2.65. The van der Waals surface area contributed by atoms with Crippen molar-refractivity contribution >= 4 is 15.9 Å². The first-order valence-electron chi connectivity index (χ1n) is 8.35. The minimum atomic E-state index is -3.93. The number of nitriles is 1. The van der Waals surface area contributed by atoms with Crippen LogP contribution in [0.1, 0.15) is 35.8 Å². The van der Waals surface area contributed by atoms with E-state index in [0.29, 0.717) is 0 Å². The molecule has 2 rings (SSSR count). The molecule has 1 unspecified atom stereocenters. The van der Waals surface area contributed by atoms with Crippen molar-refractivity contribution in [2.24, 2.45) is 0 Å². The van der Waals surface area contributed by atoms with Gasteiger partial charge in [-0.25, -0.2) is 17.5 Å². The van der Waals surface area contributed by atoms with Gasteiger partial charge in [-0.05, 0) is 38.1 Å². The van der Waals surface area contributed by atoms with Crippen molar-refractivity contribution in [1.29, 1.82) is 5.26 Å². The molecular weight excluding hydrogens is 385 g/mol.